The van der Waals surface area contributed by atoms with E-state index in [4.69, 9.17) is 10.5 Å². The molecule has 0 spiro atoms. The van der Waals surface area contributed by atoms with Crippen LogP contribution in [0.4, 0.5) is 0 Å². The summed E-state index contributed by atoms with van der Waals surface area (Å²) < 4.78 is 5.74. The minimum Gasteiger partial charge on any atom is -0.376 e. The van der Waals surface area contributed by atoms with Crippen molar-refractivity contribution in [2.45, 2.75) is 65.5 Å². The van der Waals surface area contributed by atoms with E-state index < -0.39 is 0 Å². The summed E-state index contributed by atoms with van der Waals surface area (Å²) in [5.74, 6) is 0. The van der Waals surface area contributed by atoms with Gasteiger partial charge in [0.1, 0.15) is 0 Å². The topological polar surface area (TPSA) is 38.5 Å². The Morgan fingerprint density at radius 2 is 2.06 bits per heavy atom. The zero-order valence-electron chi connectivity index (χ0n) is 12.7. The van der Waals surface area contributed by atoms with Crippen LogP contribution in [0.2, 0.25) is 0 Å². The molecular weight excluding hydrogens is 224 g/mol. The Morgan fingerprint density at radius 1 is 1.33 bits per heavy atom. The summed E-state index contributed by atoms with van der Waals surface area (Å²) >= 11 is 0. The average Bonchev–Trinajstić information content (AvgIpc) is 2.29. The fourth-order valence-corrected chi connectivity index (χ4v) is 2.84. The molecule has 0 radical (unpaired) electrons. The van der Waals surface area contributed by atoms with E-state index in [-0.39, 0.29) is 0 Å². The molecule has 0 aromatic rings. The number of morpholine rings is 1. The molecule has 2 unspecified atom stereocenters. The number of hydrogen-bond donors (Lipinski definition) is 1. The van der Waals surface area contributed by atoms with Crippen molar-refractivity contribution < 1.29 is 4.74 Å². The molecule has 2 N–H and O–H groups in total. The lowest BCUT2D eigenvalue weighted by molar-refractivity contribution is -0.0567. The van der Waals surface area contributed by atoms with Gasteiger partial charge in [-0.3, -0.25) is 4.90 Å². The molecule has 1 fully saturated rings. The molecule has 0 aromatic carbocycles. The molecule has 108 valence electrons. The predicted molar refractivity (Wildman–Crippen MR) is 77.8 cm³/mol. The van der Waals surface area contributed by atoms with Crippen molar-refractivity contribution in [2.75, 3.05) is 26.2 Å². The lowest BCUT2D eigenvalue weighted by atomic mass is 9.84. The van der Waals surface area contributed by atoms with Gasteiger partial charge in [0.15, 0.2) is 0 Å². The van der Waals surface area contributed by atoms with Crippen LogP contribution in [0.1, 0.15) is 53.4 Å². The van der Waals surface area contributed by atoms with Gasteiger partial charge in [0.2, 0.25) is 0 Å². The van der Waals surface area contributed by atoms with E-state index >= 15 is 0 Å². The van der Waals surface area contributed by atoms with E-state index in [1.807, 2.05) is 0 Å². The standard InChI is InChI=1S/C15H32N2O/c1-5-14-12-18-13(2)11-17(14)10-6-7-15(3,4)8-9-16/h13-14H,5-12,16H2,1-4H3. The highest BCUT2D eigenvalue weighted by Gasteiger charge is 2.25. The van der Waals surface area contributed by atoms with Crippen molar-refractivity contribution in [1.29, 1.82) is 0 Å². The fourth-order valence-electron chi connectivity index (χ4n) is 2.84. The number of nitrogens with two attached hydrogens (primary N) is 1. The average molecular weight is 256 g/mol. The van der Waals surface area contributed by atoms with Crippen molar-refractivity contribution in [1.82, 2.24) is 4.90 Å². The molecule has 1 aliphatic heterocycles. The van der Waals surface area contributed by atoms with Crippen LogP contribution in [0.3, 0.4) is 0 Å². The summed E-state index contributed by atoms with van der Waals surface area (Å²) in [6, 6.07) is 0.624. The maximum absolute atomic E-state index is 5.74. The maximum Gasteiger partial charge on any atom is 0.0674 e. The second kappa shape index (κ2) is 7.46. The van der Waals surface area contributed by atoms with E-state index in [1.54, 1.807) is 0 Å². The highest BCUT2D eigenvalue weighted by atomic mass is 16.5. The molecular formula is C15H32N2O. The van der Waals surface area contributed by atoms with Crippen LogP contribution in [-0.4, -0.2) is 43.3 Å². The van der Waals surface area contributed by atoms with E-state index in [9.17, 15) is 0 Å². The van der Waals surface area contributed by atoms with Crippen LogP contribution < -0.4 is 5.73 Å². The molecule has 0 amide bonds. The van der Waals surface area contributed by atoms with Gasteiger partial charge >= 0.3 is 0 Å². The van der Waals surface area contributed by atoms with Crippen LogP contribution in [0.25, 0.3) is 0 Å². The molecule has 1 heterocycles. The third-order valence-electron chi connectivity index (χ3n) is 4.17. The van der Waals surface area contributed by atoms with Gasteiger partial charge in [0.05, 0.1) is 12.7 Å². The van der Waals surface area contributed by atoms with E-state index in [0.717, 1.165) is 26.1 Å². The Hall–Kier alpha value is -0.120. The maximum atomic E-state index is 5.74. The minimum atomic E-state index is 0.393. The lowest BCUT2D eigenvalue weighted by Gasteiger charge is -2.38. The van der Waals surface area contributed by atoms with Crippen molar-refractivity contribution in [3.63, 3.8) is 0 Å². The normalized spacial score (nSPS) is 26.5. The van der Waals surface area contributed by atoms with Crippen LogP contribution in [0.5, 0.6) is 0 Å². The molecule has 0 saturated carbocycles. The molecule has 3 nitrogen and oxygen atoms in total. The third kappa shape index (κ3) is 5.25. The second-order valence-electron chi connectivity index (χ2n) is 6.51. The van der Waals surface area contributed by atoms with E-state index in [1.165, 1.54) is 25.8 Å². The Bertz CT molecular complexity index is 231. The molecule has 0 aromatic heterocycles. The van der Waals surface area contributed by atoms with Gasteiger partial charge in [-0.05, 0) is 51.1 Å². The Morgan fingerprint density at radius 3 is 2.67 bits per heavy atom. The quantitative estimate of drug-likeness (QED) is 0.761. The largest absolute Gasteiger partial charge is 0.376 e. The minimum absolute atomic E-state index is 0.393. The Balaban J connectivity index is 2.32. The van der Waals surface area contributed by atoms with Gasteiger partial charge in [-0.25, -0.2) is 0 Å². The van der Waals surface area contributed by atoms with Gasteiger partial charge < -0.3 is 10.5 Å². The SMILES string of the molecule is CCC1COC(C)CN1CCCC(C)(C)CCN. The summed E-state index contributed by atoms with van der Waals surface area (Å²) in [4.78, 5) is 2.62. The highest BCUT2D eigenvalue weighted by Crippen LogP contribution is 2.26. The molecule has 1 aliphatic rings. The summed E-state index contributed by atoms with van der Waals surface area (Å²) in [5.41, 5.74) is 6.06. The first-order valence-electron chi connectivity index (χ1n) is 7.54. The van der Waals surface area contributed by atoms with E-state index in [2.05, 4.69) is 32.6 Å². The van der Waals surface area contributed by atoms with Crippen LogP contribution in [0, 0.1) is 5.41 Å². The fraction of sp³-hybridized carbons (Fsp3) is 1.00. The lowest BCUT2D eigenvalue weighted by Crippen LogP contribution is -2.48. The summed E-state index contributed by atoms with van der Waals surface area (Å²) in [5, 5.41) is 0. The first-order valence-corrected chi connectivity index (χ1v) is 7.54. The number of rotatable bonds is 7. The van der Waals surface area contributed by atoms with Crippen LogP contribution in [-0.2, 0) is 4.74 Å². The van der Waals surface area contributed by atoms with Gasteiger partial charge in [-0.1, -0.05) is 20.8 Å². The molecule has 1 saturated heterocycles. The van der Waals surface area contributed by atoms with Gasteiger partial charge in [0.25, 0.3) is 0 Å². The highest BCUT2D eigenvalue weighted by molar-refractivity contribution is 4.78. The van der Waals surface area contributed by atoms with Gasteiger partial charge in [-0.15, -0.1) is 0 Å². The number of hydrogen-bond acceptors (Lipinski definition) is 3. The zero-order chi connectivity index (χ0) is 13.6. The summed E-state index contributed by atoms with van der Waals surface area (Å²) in [7, 11) is 0. The van der Waals surface area contributed by atoms with Crippen molar-refractivity contribution in [3.05, 3.63) is 0 Å². The molecule has 0 bridgehead atoms. The molecule has 18 heavy (non-hydrogen) atoms. The molecule has 3 heteroatoms. The Labute approximate surface area is 113 Å². The summed E-state index contributed by atoms with van der Waals surface area (Å²) in [6.45, 7) is 13.1. The number of nitrogens with zero attached hydrogens (tertiary/aromatic N) is 1. The summed E-state index contributed by atoms with van der Waals surface area (Å²) in [6.07, 6.45) is 5.26. The van der Waals surface area contributed by atoms with Crippen LogP contribution >= 0.6 is 0 Å². The van der Waals surface area contributed by atoms with Crippen molar-refractivity contribution in [2.24, 2.45) is 11.1 Å². The smallest absolute Gasteiger partial charge is 0.0674 e. The first kappa shape index (κ1) is 15.9. The van der Waals surface area contributed by atoms with Crippen LogP contribution in [0.15, 0.2) is 0 Å². The predicted octanol–water partition coefficient (Wildman–Crippen LogP) is 2.64. The molecule has 2 atom stereocenters. The molecule has 1 rings (SSSR count). The molecule has 0 aliphatic carbocycles. The monoisotopic (exact) mass is 256 g/mol. The number of ether oxygens (including phenoxy) is 1. The van der Waals surface area contributed by atoms with Crippen molar-refractivity contribution in [3.8, 4) is 0 Å². The Kier molecular flexibility index (Phi) is 6.61. The second-order valence-corrected chi connectivity index (χ2v) is 6.51. The first-order chi connectivity index (χ1) is 8.48. The van der Waals surface area contributed by atoms with Gasteiger partial charge in [-0.2, -0.15) is 0 Å². The van der Waals surface area contributed by atoms with E-state index in [0.29, 0.717) is 17.6 Å². The van der Waals surface area contributed by atoms with Gasteiger partial charge in [0, 0.05) is 12.6 Å². The third-order valence-corrected chi connectivity index (χ3v) is 4.17. The van der Waals surface area contributed by atoms with Crippen molar-refractivity contribution >= 4 is 0 Å². The zero-order valence-corrected chi connectivity index (χ0v) is 12.7.